The van der Waals surface area contributed by atoms with Crippen LogP contribution in [0.4, 0.5) is 0 Å². The van der Waals surface area contributed by atoms with E-state index in [4.69, 9.17) is 0 Å². The first-order chi connectivity index (χ1) is 7.58. The van der Waals surface area contributed by atoms with Crippen molar-refractivity contribution in [2.75, 3.05) is 0 Å². The zero-order valence-electron chi connectivity index (χ0n) is 11.2. The van der Waals surface area contributed by atoms with Crippen molar-refractivity contribution in [2.45, 2.75) is 52.6 Å². The summed E-state index contributed by atoms with van der Waals surface area (Å²) in [5.74, 6) is 0.677. The highest BCUT2D eigenvalue weighted by Crippen LogP contribution is 2.19. The molecule has 2 atom stereocenters. The molecule has 0 aliphatic heterocycles. The fourth-order valence-corrected chi connectivity index (χ4v) is 2.11. The van der Waals surface area contributed by atoms with E-state index in [1.54, 1.807) is 0 Å². The third-order valence-electron chi connectivity index (χ3n) is 3.20. The van der Waals surface area contributed by atoms with Crippen LogP contribution in [-0.4, -0.2) is 15.8 Å². The number of aromatic nitrogens is 2. The van der Waals surface area contributed by atoms with Gasteiger partial charge in [-0.2, -0.15) is 5.10 Å². The molecule has 1 aromatic heterocycles. The Labute approximate surface area is 99.2 Å². The average Bonchev–Trinajstić information content (AvgIpc) is 2.66. The fraction of sp³-hybridized carbons (Fsp3) is 0.769. The molecular formula is C13H25N3. The van der Waals surface area contributed by atoms with Crippen LogP contribution in [0.25, 0.3) is 0 Å². The molecule has 0 aromatic carbocycles. The molecule has 0 spiro atoms. The van der Waals surface area contributed by atoms with Crippen LogP contribution in [0.3, 0.4) is 0 Å². The van der Waals surface area contributed by atoms with Crippen LogP contribution in [0.2, 0.25) is 0 Å². The second kappa shape index (κ2) is 6.04. The van der Waals surface area contributed by atoms with Gasteiger partial charge in [0.05, 0.1) is 6.20 Å². The van der Waals surface area contributed by atoms with E-state index in [0.717, 1.165) is 6.42 Å². The first-order valence-electron chi connectivity index (χ1n) is 6.33. The number of hydrogen-bond acceptors (Lipinski definition) is 2. The van der Waals surface area contributed by atoms with Crippen LogP contribution < -0.4 is 5.32 Å². The van der Waals surface area contributed by atoms with Gasteiger partial charge in [-0.25, -0.2) is 0 Å². The highest BCUT2D eigenvalue weighted by atomic mass is 15.2. The zero-order valence-corrected chi connectivity index (χ0v) is 11.2. The van der Waals surface area contributed by atoms with E-state index in [9.17, 15) is 0 Å². The van der Waals surface area contributed by atoms with E-state index in [1.807, 2.05) is 17.9 Å². The second-order valence-corrected chi connectivity index (χ2v) is 4.83. The lowest BCUT2D eigenvalue weighted by atomic mass is 9.98. The third-order valence-corrected chi connectivity index (χ3v) is 3.20. The van der Waals surface area contributed by atoms with Crippen LogP contribution in [0, 0.1) is 5.92 Å². The molecule has 0 aliphatic carbocycles. The molecule has 92 valence electrons. The standard InChI is InChI=1S/C13H25N3/c1-6-12(10(3)4)15-13(7-2)11-8-14-16(5)9-11/h8-10,12-13,15H,6-7H2,1-5H3. The van der Waals surface area contributed by atoms with E-state index in [0.29, 0.717) is 18.0 Å². The molecule has 0 aliphatic rings. The lowest BCUT2D eigenvalue weighted by Crippen LogP contribution is -2.36. The highest BCUT2D eigenvalue weighted by molar-refractivity contribution is 5.10. The topological polar surface area (TPSA) is 29.9 Å². The third kappa shape index (κ3) is 3.34. The van der Waals surface area contributed by atoms with E-state index < -0.39 is 0 Å². The van der Waals surface area contributed by atoms with Gasteiger partial charge in [0.2, 0.25) is 0 Å². The van der Waals surface area contributed by atoms with Crippen molar-refractivity contribution < 1.29 is 0 Å². The Morgan fingerprint density at radius 2 is 2.00 bits per heavy atom. The molecule has 16 heavy (non-hydrogen) atoms. The summed E-state index contributed by atoms with van der Waals surface area (Å²) in [5.41, 5.74) is 1.30. The Morgan fingerprint density at radius 1 is 1.31 bits per heavy atom. The molecule has 1 aromatic rings. The average molecular weight is 223 g/mol. The van der Waals surface area contributed by atoms with Gasteiger partial charge in [-0.15, -0.1) is 0 Å². The van der Waals surface area contributed by atoms with Crippen molar-refractivity contribution in [3.05, 3.63) is 18.0 Å². The van der Waals surface area contributed by atoms with Gasteiger partial charge in [-0.05, 0) is 18.8 Å². The lowest BCUT2D eigenvalue weighted by molar-refractivity contribution is 0.340. The van der Waals surface area contributed by atoms with Gasteiger partial charge in [0.25, 0.3) is 0 Å². The Morgan fingerprint density at radius 3 is 2.38 bits per heavy atom. The summed E-state index contributed by atoms with van der Waals surface area (Å²) >= 11 is 0. The number of rotatable bonds is 6. The highest BCUT2D eigenvalue weighted by Gasteiger charge is 2.17. The zero-order chi connectivity index (χ0) is 12.1. The molecule has 0 saturated heterocycles. The van der Waals surface area contributed by atoms with Gasteiger partial charge >= 0.3 is 0 Å². The molecule has 2 unspecified atom stereocenters. The van der Waals surface area contributed by atoms with Crippen LogP contribution in [0.15, 0.2) is 12.4 Å². The van der Waals surface area contributed by atoms with E-state index in [2.05, 4.69) is 44.3 Å². The monoisotopic (exact) mass is 223 g/mol. The van der Waals surface area contributed by atoms with Crippen LogP contribution in [-0.2, 0) is 7.05 Å². The Balaban J connectivity index is 2.68. The van der Waals surface area contributed by atoms with Gasteiger partial charge in [0, 0.05) is 30.9 Å². The van der Waals surface area contributed by atoms with Crippen LogP contribution in [0.5, 0.6) is 0 Å². The molecule has 0 radical (unpaired) electrons. The minimum absolute atomic E-state index is 0.432. The van der Waals surface area contributed by atoms with Gasteiger partial charge < -0.3 is 5.32 Å². The number of nitrogens with one attached hydrogen (secondary N) is 1. The predicted molar refractivity (Wildman–Crippen MR) is 68.3 cm³/mol. The van der Waals surface area contributed by atoms with Crippen LogP contribution >= 0.6 is 0 Å². The smallest absolute Gasteiger partial charge is 0.0537 e. The lowest BCUT2D eigenvalue weighted by Gasteiger charge is -2.26. The number of nitrogens with zero attached hydrogens (tertiary/aromatic N) is 2. The van der Waals surface area contributed by atoms with Crippen molar-refractivity contribution in [2.24, 2.45) is 13.0 Å². The van der Waals surface area contributed by atoms with Gasteiger partial charge in [-0.3, -0.25) is 4.68 Å². The van der Waals surface area contributed by atoms with E-state index in [-0.39, 0.29) is 0 Å². The fourth-order valence-electron chi connectivity index (χ4n) is 2.11. The van der Waals surface area contributed by atoms with Crippen molar-refractivity contribution in [3.63, 3.8) is 0 Å². The molecule has 0 saturated carbocycles. The number of aryl methyl sites for hydroxylation is 1. The maximum absolute atomic E-state index is 4.24. The number of hydrogen-bond donors (Lipinski definition) is 1. The Bertz CT molecular complexity index is 304. The van der Waals surface area contributed by atoms with Crippen LogP contribution in [0.1, 0.15) is 52.1 Å². The van der Waals surface area contributed by atoms with Gasteiger partial charge in [0.15, 0.2) is 0 Å². The summed E-state index contributed by atoms with van der Waals surface area (Å²) in [6, 6.07) is 1.02. The van der Waals surface area contributed by atoms with Gasteiger partial charge in [0.1, 0.15) is 0 Å². The quantitative estimate of drug-likeness (QED) is 0.803. The van der Waals surface area contributed by atoms with Crippen molar-refractivity contribution in [1.82, 2.24) is 15.1 Å². The molecule has 1 rings (SSSR count). The first-order valence-corrected chi connectivity index (χ1v) is 6.33. The molecule has 1 heterocycles. The van der Waals surface area contributed by atoms with Crippen molar-refractivity contribution in [3.8, 4) is 0 Å². The molecule has 0 amide bonds. The molecule has 3 nitrogen and oxygen atoms in total. The van der Waals surface area contributed by atoms with E-state index >= 15 is 0 Å². The normalized spacial score (nSPS) is 15.4. The Kier molecular flexibility index (Phi) is 5.00. The first kappa shape index (κ1) is 13.2. The maximum Gasteiger partial charge on any atom is 0.0537 e. The summed E-state index contributed by atoms with van der Waals surface area (Å²) in [4.78, 5) is 0. The summed E-state index contributed by atoms with van der Waals surface area (Å²) in [6.07, 6.45) is 6.35. The predicted octanol–water partition coefficient (Wildman–Crippen LogP) is 2.90. The molecule has 0 bridgehead atoms. The summed E-state index contributed by atoms with van der Waals surface area (Å²) in [5, 5.41) is 7.97. The minimum atomic E-state index is 0.432. The second-order valence-electron chi connectivity index (χ2n) is 4.83. The summed E-state index contributed by atoms with van der Waals surface area (Å²) < 4.78 is 1.87. The molecular weight excluding hydrogens is 198 g/mol. The maximum atomic E-state index is 4.24. The SMILES string of the molecule is CCC(NC(CC)C(C)C)c1cnn(C)c1. The molecule has 0 fully saturated rings. The largest absolute Gasteiger partial charge is 0.307 e. The molecule has 3 heteroatoms. The summed E-state index contributed by atoms with van der Waals surface area (Å²) in [7, 11) is 1.97. The van der Waals surface area contributed by atoms with Crippen molar-refractivity contribution in [1.29, 1.82) is 0 Å². The van der Waals surface area contributed by atoms with Gasteiger partial charge in [-0.1, -0.05) is 27.7 Å². The molecule has 1 N–H and O–H groups in total. The summed E-state index contributed by atoms with van der Waals surface area (Å²) in [6.45, 7) is 9.01. The van der Waals surface area contributed by atoms with E-state index in [1.165, 1.54) is 12.0 Å². The Hall–Kier alpha value is -0.830. The van der Waals surface area contributed by atoms with Crippen molar-refractivity contribution >= 4 is 0 Å². The minimum Gasteiger partial charge on any atom is -0.307 e.